The van der Waals surface area contributed by atoms with Crippen molar-refractivity contribution in [2.75, 3.05) is 7.11 Å². The molecule has 0 spiro atoms. The second-order valence-corrected chi connectivity index (χ2v) is 9.63. The number of ether oxygens (including phenoxy) is 1. The lowest BCUT2D eigenvalue weighted by Gasteiger charge is -2.29. The van der Waals surface area contributed by atoms with E-state index in [2.05, 4.69) is 9.71 Å². The van der Waals surface area contributed by atoms with Crippen LogP contribution in [0.4, 0.5) is 0 Å². The van der Waals surface area contributed by atoms with Crippen molar-refractivity contribution in [1.29, 1.82) is 0 Å². The molecular weight excluding hydrogens is 400 g/mol. The Bertz CT molecular complexity index is 1020. The molecule has 0 radical (unpaired) electrons. The number of nitrogens with zero attached hydrogens (tertiary/aromatic N) is 1. The summed E-state index contributed by atoms with van der Waals surface area (Å²) in [6, 6.07) is 8.52. The molecular formula is C23H30N2O4S. The van der Waals surface area contributed by atoms with Gasteiger partial charge in [-0.1, -0.05) is 36.6 Å². The van der Waals surface area contributed by atoms with Gasteiger partial charge in [-0.05, 0) is 56.9 Å². The third-order valence-corrected chi connectivity index (χ3v) is 7.36. The highest BCUT2D eigenvalue weighted by atomic mass is 32.2. The van der Waals surface area contributed by atoms with Gasteiger partial charge in [-0.3, -0.25) is 4.99 Å². The summed E-state index contributed by atoms with van der Waals surface area (Å²) >= 11 is 0. The summed E-state index contributed by atoms with van der Waals surface area (Å²) in [5.74, 6) is 0.410. The summed E-state index contributed by atoms with van der Waals surface area (Å²) in [6.45, 7) is 5.62. The maximum Gasteiger partial charge on any atom is 0.241 e. The first-order chi connectivity index (χ1) is 14.2. The fraction of sp³-hybridized carbons (Fsp3) is 0.435. The Morgan fingerprint density at radius 2 is 1.80 bits per heavy atom. The highest BCUT2D eigenvalue weighted by Gasteiger charge is 2.30. The number of hydrogen-bond acceptors (Lipinski definition) is 5. The van der Waals surface area contributed by atoms with E-state index < -0.39 is 10.0 Å². The first-order valence-corrected chi connectivity index (χ1v) is 11.7. The number of sulfonamides is 1. The van der Waals surface area contributed by atoms with Gasteiger partial charge in [0, 0.05) is 17.8 Å². The molecule has 162 valence electrons. The fourth-order valence-electron chi connectivity index (χ4n) is 4.26. The first kappa shape index (κ1) is 22.3. The molecule has 2 aromatic carbocycles. The number of para-hydroxylation sites is 1. The normalized spacial score (nSPS) is 19.9. The van der Waals surface area contributed by atoms with Crippen molar-refractivity contribution in [3.63, 3.8) is 0 Å². The molecule has 0 heterocycles. The van der Waals surface area contributed by atoms with E-state index in [1.807, 2.05) is 32.9 Å². The topological polar surface area (TPSA) is 88.0 Å². The van der Waals surface area contributed by atoms with E-state index >= 15 is 0 Å². The SMILES string of the molecule is COc1cccc(C=N[C@H]2CCCC[C@@H]2NS(=O)(=O)c2c(C)cc(C)cc2C)c1O. The van der Waals surface area contributed by atoms with Gasteiger partial charge in [0.15, 0.2) is 11.5 Å². The van der Waals surface area contributed by atoms with Gasteiger partial charge in [-0.2, -0.15) is 0 Å². The van der Waals surface area contributed by atoms with Crippen LogP contribution in [-0.2, 0) is 10.0 Å². The first-order valence-electron chi connectivity index (χ1n) is 10.2. The van der Waals surface area contributed by atoms with Gasteiger partial charge in [0.05, 0.1) is 18.0 Å². The molecule has 0 unspecified atom stereocenters. The monoisotopic (exact) mass is 430 g/mol. The third kappa shape index (κ3) is 4.84. The summed E-state index contributed by atoms with van der Waals surface area (Å²) in [6.07, 6.45) is 5.08. The van der Waals surface area contributed by atoms with Crippen LogP contribution in [0.1, 0.15) is 47.9 Å². The predicted molar refractivity (Wildman–Crippen MR) is 119 cm³/mol. The van der Waals surface area contributed by atoms with Crippen LogP contribution in [0.25, 0.3) is 0 Å². The summed E-state index contributed by atoms with van der Waals surface area (Å²) in [5.41, 5.74) is 3.09. The van der Waals surface area contributed by atoms with E-state index in [0.717, 1.165) is 42.4 Å². The maximum absolute atomic E-state index is 13.2. The molecule has 3 rings (SSSR count). The Morgan fingerprint density at radius 1 is 1.13 bits per heavy atom. The minimum absolute atomic E-state index is 0.0302. The molecule has 0 bridgehead atoms. The minimum Gasteiger partial charge on any atom is -0.504 e. The molecule has 1 fully saturated rings. The molecule has 1 aliphatic carbocycles. The van der Waals surface area contributed by atoms with E-state index in [4.69, 9.17) is 4.74 Å². The minimum atomic E-state index is -3.67. The number of hydrogen-bond donors (Lipinski definition) is 2. The average Bonchev–Trinajstić information content (AvgIpc) is 2.67. The van der Waals surface area contributed by atoms with Gasteiger partial charge in [0.1, 0.15) is 0 Å². The van der Waals surface area contributed by atoms with E-state index in [9.17, 15) is 13.5 Å². The molecule has 1 aliphatic rings. The number of methoxy groups -OCH3 is 1. The van der Waals surface area contributed by atoms with Crippen molar-refractivity contribution in [3.05, 3.63) is 52.6 Å². The van der Waals surface area contributed by atoms with Crippen LogP contribution in [0.2, 0.25) is 0 Å². The summed E-state index contributed by atoms with van der Waals surface area (Å²) in [4.78, 5) is 4.99. The van der Waals surface area contributed by atoms with Crippen LogP contribution >= 0.6 is 0 Å². The second kappa shape index (κ2) is 9.18. The van der Waals surface area contributed by atoms with Gasteiger partial charge < -0.3 is 9.84 Å². The number of phenols is 1. The van der Waals surface area contributed by atoms with Crippen LogP contribution < -0.4 is 9.46 Å². The summed E-state index contributed by atoms with van der Waals surface area (Å²) in [7, 11) is -2.17. The zero-order valence-electron chi connectivity index (χ0n) is 18.0. The van der Waals surface area contributed by atoms with Crippen LogP contribution in [-0.4, -0.2) is 38.9 Å². The number of phenolic OH excluding ortho intramolecular Hbond substituents is 1. The van der Waals surface area contributed by atoms with E-state index in [1.165, 1.54) is 7.11 Å². The number of nitrogens with one attached hydrogen (secondary N) is 1. The van der Waals surface area contributed by atoms with Gasteiger partial charge >= 0.3 is 0 Å². The lowest BCUT2D eigenvalue weighted by Crippen LogP contribution is -2.44. The van der Waals surface area contributed by atoms with Gasteiger partial charge in [0.25, 0.3) is 0 Å². The molecule has 2 aromatic rings. The van der Waals surface area contributed by atoms with E-state index in [0.29, 0.717) is 16.2 Å². The Kier molecular flexibility index (Phi) is 6.83. The zero-order valence-corrected chi connectivity index (χ0v) is 18.8. The van der Waals surface area contributed by atoms with Crippen molar-refractivity contribution in [3.8, 4) is 11.5 Å². The molecule has 2 N–H and O–H groups in total. The highest BCUT2D eigenvalue weighted by Crippen LogP contribution is 2.29. The summed E-state index contributed by atoms with van der Waals surface area (Å²) < 4.78 is 34.4. The van der Waals surface area contributed by atoms with Crippen LogP contribution in [0, 0.1) is 20.8 Å². The zero-order chi connectivity index (χ0) is 21.9. The van der Waals surface area contributed by atoms with Gasteiger partial charge in [-0.25, -0.2) is 13.1 Å². The third-order valence-electron chi connectivity index (χ3n) is 5.56. The number of rotatable bonds is 6. The quantitative estimate of drug-likeness (QED) is 0.677. The molecule has 7 heteroatoms. The highest BCUT2D eigenvalue weighted by molar-refractivity contribution is 7.89. The molecule has 30 heavy (non-hydrogen) atoms. The number of aliphatic imine (C=N–C) groups is 1. The average molecular weight is 431 g/mol. The molecule has 0 saturated heterocycles. The van der Waals surface area contributed by atoms with Crippen LogP contribution in [0.5, 0.6) is 11.5 Å². The number of benzene rings is 2. The van der Waals surface area contributed by atoms with Crippen molar-refractivity contribution >= 4 is 16.2 Å². The van der Waals surface area contributed by atoms with Crippen molar-refractivity contribution in [1.82, 2.24) is 4.72 Å². The number of aryl methyl sites for hydroxylation is 3. The van der Waals surface area contributed by atoms with E-state index in [-0.39, 0.29) is 17.8 Å². The fourth-order valence-corrected chi connectivity index (χ4v) is 6.02. The number of aromatic hydroxyl groups is 1. The molecule has 0 amide bonds. The molecule has 1 saturated carbocycles. The standard InChI is InChI=1S/C23H30N2O4S/c1-15-12-16(2)23(17(3)13-15)30(27,28)25-20-10-6-5-9-19(20)24-14-18-8-7-11-21(29-4)22(18)26/h7-8,11-14,19-20,25-26H,5-6,9-10H2,1-4H3/t19-,20-/m0/s1. The van der Waals surface area contributed by atoms with Gasteiger partial charge in [-0.15, -0.1) is 0 Å². The van der Waals surface area contributed by atoms with Crippen LogP contribution in [0.15, 0.2) is 40.2 Å². The Balaban J connectivity index is 1.85. The second-order valence-electron chi connectivity index (χ2n) is 7.98. The van der Waals surface area contributed by atoms with Crippen molar-refractivity contribution in [2.24, 2.45) is 4.99 Å². The largest absolute Gasteiger partial charge is 0.504 e. The van der Waals surface area contributed by atoms with Crippen molar-refractivity contribution in [2.45, 2.75) is 63.4 Å². The molecule has 6 nitrogen and oxygen atoms in total. The van der Waals surface area contributed by atoms with Crippen molar-refractivity contribution < 1.29 is 18.3 Å². The van der Waals surface area contributed by atoms with E-state index in [1.54, 1.807) is 24.4 Å². The lowest BCUT2D eigenvalue weighted by molar-refractivity contribution is 0.363. The molecule has 0 aliphatic heterocycles. The molecule has 2 atom stereocenters. The van der Waals surface area contributed by atoms with Gasteiger partial charge in [0.2, 0.25) is 10.0 Å². The Hall–Kier alpha value is -2.38. The lowest BCUT2D eigenvalue weighted by atomic mass is 9.91. The Morgan fingerprint density at radius 3 is 2.47 bits per heavy atom. The molecule has 0 aromatic heterocycles. The summed E-state index contributed by atoms with van der Waals surface area (Å²) in [5, 5.41) is 10.3. The maximum atomic E-state index is 13.2. The van der Waals surface area contributed by atoms with Crippen LogP contribution in [0.3, 0.4) is 0 Å². The smallest absolute Gasteiger partial charge is 0.241 e. The predicted octanol–water partition coefficient (Wildman–Crippen LogP) is 4.03. The Labute approximate surface area is 179 Å².